The molecule has 162 valence electrons. The molecule has 2 saturated heterocycles. The standard InChI is InChI=1S/C19H34F3N5O/c1-23-17(25-16-5-8-26(13-16)15-19(20,21)22)24-14-18(6-3-2-4-7-18)27-9-11-28-12-10-27/h16H,2-15H2,1H3,(H2,23,24,25). The van der Waals surface area contributed by atoms with Crippen LogP contribution >= 0.6 is 0 Å². The van der Waals surface area contributed by atoms with Crippen molar-refractivity contribution in [3.05, 3.63) is 0 Å². The highest BCUT2D eigenvalue weighted by molar-refractivity contribution is 5.80. The summed E-state index contributed by atoms with van der Waals surface area (Å²) in [6.07, 6.45) is 2.65. The van der Waals surface area contributed by atoms with Crippen molar-refractivity contribution in [2.24, 2.45) is 4.99 Å². The van der Waals surface area contributed by atoms with Crippen molar-refractivity contribution in [1.82, 2.24) is 20.4 Å². The Labute approximate surface area is 165 Å². The minimum absolute atomic E-state index is 0.000701. The Balaban J connectivity index is 1.52. The molecule has 1 atom stereocenters. The largest absolute Gasteiger partial charge is 0.401 e. The van der Waals surface area contributed by atoms with Crippen LogP contribution in [0.15, 0.2) is 4.99 Å². The maximum atomic E-state index is 12.6. The maximum Gasteiger partial charge on any atom is 0.401 e. The highest BCUT2D eigenvalue weighted by Gasteiger charge is 2.39. The molecule has 2 aliphatic heterocycles. The molecule has 3 fully saturated rings. The van der Waals surface area contributed by atoms with E-state index in [4.69, 9.17) is 4.74 Å². The number of guanidine groups is 1. The number of rotatable bonds is 5. The van der Waals surface area contributed by atoms with E-state index >= 15 is 0 Å². The van der Waals surface area contributed by atoms with Gasteiger partial charge < -0.3 is 15.4 Å². The maximum absolute atomic E-state index is 12.6. The molecule has 1 aliphatic carbocycles. The third-order valence-corrected chi connectivity index (χ3v) is 6.29. The van der Waals surface area contributed by atoms with Crippen molar-refractivity contribution in [3.8, 4) is 0 Å². The molecule has 0 aromatic heterocycles. The first-order chi connectivity index (χ1) is 13.4. The number of nitrogens with zero attached hydrogens (tertiary/aromatic N) is 3. The highest BCUT2D eigenvalue weighted by atomic mass is 19.4. The van der Waals surface area contributed by atoms with Gasteiger partial charge in [0.25, 0.3) is 0 Å². The molecule has 2 N–H and O–H groups in total. The molecule has 0 amide bonds. The number of aliphatic imine (C=N–C) groups is 1. The lowest BCUT2D eigenvalue weighted by atomic mass is 9.80. The molecule has 0 aromatic carbocycles. The van der Waals surface area contributed by atoms with Crippen molar-refractivity contribution >= 4 is 5.96 Å². The molecule has 0 radical (unpaired) electrons. The van der Waals surface area contributed by atoms with E-state index in [0.717, 1.165) is 32.8 Å². The lowest BCUT2D eigenvalue weighted by Gasteiger charge is -2.48. The van der Waals surface area contributed by atoms with Gasteiger partial charge in [-0.3, -0.25) is 14.8 Å². The average molecular weight is 406 g/mol. The first kappa shape index (κ1) is 21.6. The summed E-state index contributed by atoms with van der Waals surface area (Å²) in [6.45, 7) is 4.33. The Morgan fingerprint density at radius 3 is 2.50 bits per heavy atom. The molecular weight excluding hydrogens is 371 g/mol. The quantitative estimate of drug-likeness (QED) is 0.540. The molecule has 0 aromatic rings. The van der Waals surface area contributed by atoms with Gasteiger partial charge in [0.05, 0.1) is 19.8 Å². The summed E-state index contributed by atoms with van der Waals surface area (Å²) in [4.78, 5) is 8.35. The first-order valence-corrected chi connectivity index (χ1v) is 10.5. The normalized spacial score (nSPS) is 27.7. The number of hydrogen-bond donors (Lipinski definition) is 2. The van der Waals surface area contributed by atoms with Crippen molar-refractivity contribution < 1.29 is 17.9 Å². The van der Waals surface area contributed by atoms with Crippen LogP contribution in [0.4, 0.5) is 13.2 Å². The number of likely N-dealkylation sites (tertiary alicyclic amines) is 1. The van der Waals surface area contributed by atoms with Gasteiger partial charge in [-0.2, -0.15) is 13.2 Å². The molecule has 2 heterocycles. The Morgan fingerprint density at radius 2 is 1.86 bits per heavy atom. The minimum atomic E-state index is -4.14. The monoisotopic (exact) mass is 405 g/mol. The zero-order valence-electron chi connectivity index (χ0n) is 16.9. The summed E-state index contributed by atoms with van der Waals surface area (Å²) >= 11 is 0. The summed E-state index contributed by atoms with van der Waals surface area (Å²) in [5.41, 5.74) is 0.123. The van der Waals surface area contributed by atoms with Gasteiger partial charge in [-0.15, -0.1) is 0 Å². The van der Waals surface area contributed by atoms with Gasteiger partial charge in [0.1, 0.15) is 0 Å². The van der Waals surface area contributed by atoms with Gasteiger partial charge in [0.15, 0.2) is 5.96 Å². The molecule has 0 bridgehead atoms. The summed E-state index contributed by atoms with van der Waals surface area (Å²) in [6, 6.07) is -0.000701. The second kappa shape index (κ2) is 9.63. The van der Waals surface area contributed by atoms with Crippen LogP contribution in [-0.4, -0.2) is 93.0 Å². The molecule has 6 nitrogen and oxygen atoms in total. The Morgan fingerprint density at radius 1 is 1.14 bits per heavy atom. The third kappa shape index (κ3) is 5.97. The van der Waals surface area contributed by atoms with Gasteiger partial charge in [-0.05, 0) is 19.3 Å². The number of hydrogen-bond acceptors (Lipinski definition) is 4. The SMILES string of the molecule is CN=C(NCC1(N2CCOCC2)CCCCC1)NC1CCN(CC(F)(F)F)C1. The number of morpholine rings is 1. The Bertz CT molecular complexity index is 516. The lowest BCUT2D eigenvalue weighted by Crippen LogP contribution is -2.61. The van der Waals surface area contributed by atoms with Gasteiger partial charge in [-0.1, -0.05) is 19.3 Å². The average Bonchev–Trinajstić information content (AvgIpc) is 3.11. The van der Waals surface area contributed by atoms with E-state index in [1.807, 2.05) is 0 Å². The lowest BCUT2D eigenvalue weighted by molar-refractivity contribution is -0.143. The minimum Gasteiger partial charge on any atom is -0.379 e. The van der Waals surface area contributed by atoms with E-state index in [1.165, 1.54) is 37.0 Å². The first-order valence-electron chi connectivity index (χ1n) is 10.5. The number of alkyl halides is 3. The van der Waals surface area contributed by atoms with Crippen LogP contribution in [0, 0.1) is 0 Å². The number of halogens is 3. The van der Waals surface area contributed by atoms with Crippen LogP contribution in [0.25, 0.3) is 0 Å². The van der Waals surface area contributed by atoms with Crippen LogP contribution in [0.5, 0.6) is 0 Å². The second-order valence-electron chi connectivity index (χ2n) is 8.29. The molecule has 1 unspecified atom stereocenters. The van der Waals surface area contributed by atoms with Gasteiger partial charge in [0, 0.05) is 51.4 Å². The fourth-order valence-electron chi connectivity index (χ4n) is 4.84. The predicted molar refractivity (Wildman–Crippen MR) is 104 cm³/mol. The number of ether oxygens (including phenoxy) is 1. The second-order valence-corrected chi connectivity index (χ2v) is 8.29. The predicted octanol–water partition coefficient (Wildman–Crippen LogP) is 1.82. The van der Waals surface area contributed by atoms with Gasteiger partial charge in [0.2, 0.25) is 0 Å². The number of nitrogens with one attached hydrogen (secondary N) is 2. The van der Waals surface area contributed by atoms with Crippen LogP contribution in [-0.2, 0) is 4.74 Å². The van der Waals surface area contributed by atoms with Crippen molar-refractivity contribution in [1.29, 1.82) is 0 Å². The molecular formula is C19H34F3N5O. The Kier molecular flexibility index (Phi) is 7.44. The van der Waals surface area contributed by atoms with Crippen LogP contribution < -0.4 is 10.6 Å². The summed E-state index contributed by atoms with van der Waals surface area (Å²) in [5, 5.41) is 6.81. The van der Waals surface area contributed by atoms with E-state index in [2.05, 4.69) is 20.5 Å². The van der Waals surface area contributed by atoms with E-state index < -0.39 is 12.7 Å². The van der Waals surface area contributed by atoms with Crippen LogP contribution in [0.1, 0.15) is 38.5 Å². The molecule has 3 rings (SSSR count). The van der Waals surface area contributed by atoms with E-state index in [1.54, 1.807) is 7.05 Å². The molecule has 0 spiro atoms. The fourth-order valence-corrected chi connectivity index (χ4v) is 4.84. The molecule has 3 aliphatic rings. The van der Waals surface area contributed by atoms with Gasteiger partial charge in [-0.25, -0.2) is 0 Å². The highest BCUT2D eigenvalue weighted by Crippen LogP contribution is 2.33. The molecule has 28 heavy (non-hydrogen) atoms. The van der Waals surface area contributed by atoms with Crippen molar-refractivity contribution in [2.75, 3.05) is 59.5 Å². The molecule has 9 heteroatoms. The summed E-state index contributed by atoms with van der Waals surface area (Å²) in [7, 11) is 1.72. The van der Waals surface area contributed by atoms with Gasteiger partial charge >= 0.3 is 6.18 Å². The van der Waals surface area contributed by atoms with Crippen LogP contribution in [0.3, 0.4) is 0 Å². The topological polar surface area (TPSA) is 52.1 Å². The zero-order chi connectivity index (χ0) is 20.0. The fraction of sp³-hybridized carbons (Fsp3) is 0.947. The van der Waals surface area contributed by atoms with Crippen LogP contribution in [0.2, 0.25) is 0 Å². The van der Waals surface area contributed by atoms with Crippen molar-refractivity contribution in [2.45, 2.75) is 56.3 Å². The van der Waals surface area contributed by atoms with E-state index in [9.17, 15) is 13.2 Å². The third-order valence-electron chi connectivity index (χ3n) is 6.29. The zero-order valence-corrected chi connectivity index (χ0v) is 16.9. The van der Waals surface area contributed by atoms with Crippen molar-refractivity contribution in [3.63, 3.8) is 0 Å². The van der Waals surface area contributed by atoms with E-state index in [-0.39, 0.29) is 11.6 Å². The Hall–Kier alpha value is -1.06. The van der Waals surface area contributed by atoms with E-state index in [0.29, 0.717) is 25.5 Å². The summed E-state index contributed by atoms with van der Waals surface area (Å²) in [5.74, 6) is 0.692. The smallest absolute Gasteiger partial charge is 0.379 e. The summed E-state index contributed by atoms with van der Waals surface area (Å²) < 4.78 is 43.3. The molecule has 1 saturated carbocycles.